The van der Waals surface area contributed by atoms with Gasteiger partial charge in [0.25, 0.3) is 5.91 Å². The van der Waals surface area contributed by atoms with Crippen LogP contribution in [0.1, 0.15) is 63.7 Å². The molecule has 1 amide bonds. The van der Waals surface area contributed by atoms with Crippen LogP contribution in [0.15, 0.2) is 24.3 Å². The van der Waals surface area contributed by atoms with Gasteiger partial charge >= 0.3 is 0 Å². The number of Topliss-reactive ketones (excluding diaryl/α,β-unsaturated/α-hetero) is 1. The Morgan fingerprint density at radius 2 is 2.04 bits per heavy atom. The smallest absolute Gasteiger partial charge is 0.268 e. The van der Waals surface area contributed by atoms with Crippen molar-refractivity contribution in [3.8, 4) is 0 Å². The van der Waals surface area contributed by atoms with Gasteiger partial charge in [0.05, 0.1) is 17.1 Å². The fraction of sp³-hybridized carbons (Fsp3) is 0.316. The summed E-state index contributed by atoms with van der Waals surface area (Å²) in [6.07, 6.45) is 2.21. The number of aromatic nitrogens is 3. The molecule has 4 rings (SSSR count). The van der Waals surface area contributed by atoms with Crippen molar-refractivity contribution in [1.82, 2.24) is 20.3 Å². The van der Waals surface area contributed by atoms with E-state index in [1.165, 1.54) is 0 Å². The number of nitrogens with one attached hydrogen (secondary N) is 3. The first-order valence-electron chi connectivity index (χ1n) is 8.54. The maximum atomic E-state index is 12.7. The number of aromatic amines is 2. The molecule has 1 aliphatic carbocycles. The maximum absolute atomic E-state index is 12.7. The summed E-state index contributed by atoms with van der Waals surface area (Å²) >= 11 is 0. The molecule has 0 radical (unpaired) electrons. The molecule has 6 nitrogen and oxygen atoms in total. The maximum Gasteiger partial charge on any atom is 0.268 e. The van der Waals surface area contributed by atoms with E-state index in [0.29, 0.717) is 23.5 Å². The second-order valence-electron chi connectivity index (χ2n) is 6.59. The third-order valence-corrected chi connectivity index (χ3v) is 4.83. The van der Waals surface area contributed by atoms with Crippen LogP contribution in [0.4, 0.5) is 0 Å². The number of imidazole rings is 1. The van der Waals surface area contributed by atoms with E-state index in [4.69, 9.17) is 0 Å². The number of H-pyrrole nitrogens is 2. The molecule has 1 aliphatic rings. The topological polar surface area (TPSA) is 90.6 Å². The molecule has 0 saturated carbocycles. The third kappa shape index (κ3) is 2.63. The highest BCUT2D eigenvalue weighted by Crippen LogP contribution is 2.27. The minimum atomic E-state index is -0.268. The van der Waals surface area contributed by atoms with Crippen LogP contribution in [-0.4, -0.2) is 26.6 Å². The lowest BCUT2D eigenvalue weighted by Gasteiger charge is -2.11. The number of ketones is 1. The number of nitrogens with zero attached hydrogens (tertiary/aromatic N) is 1. The molecule has 2 aromatic heterocycles. The fourth-order valence-electron chi connectivity index (χ4n) is 3.52. The fourth-order valence-corrected chi connectivity index (χ4v) is 3.52. The SMILES string of the molecule is Cc1c(C(=O)NC(C)c2nc3ccccc3[nH]2)[nH]c2c1C(=O)CCC2. The number of carbonyl (C=O) groups excluding carboxylic acids is 2. The number of rotatable bonds is 3. The summed E-state index contributed by atoms with van der Waals surface area (Å²) in [4.78, 5) is 35.7. The highest BCUT2D eigenvalue weighted by molar-refractivity contribution is 6.04. The number of benzene rings is 1. The Morgan fingerprint density at radius 3 is 2.80 bits per heavy atom. The minimum absolute atomic E-state index is 0.124. The van der Waals surface area contributed by atoms with E-state index in [9.17, 15) is 9.59 Å². The van der Waals surface area contributed by atoms with Crippen LogP contribution in [0, 0.1) is 6.92 Å². The van der Waals surface area contributed by atoms with Gasteiger partial charge < -0.3 is 15.3 Å². The molecule has 25 heavy (non-hydrogen) atoms. The summed E-state index contributed by atoms with van der Waals surface area (Å²) in [7, 11) is 0. The van der Waals surface area contributed by atoms with Crippen LogP contribution in [0.5, 0.6) is 0 Å². The highest BCUT2D eigenvalue weighted by atomic mass is 16.2. The molecule has 0 bridgehead atoms. The van der Waals surface area contributed by atoms with Gasteiger partial charge in [0.1, 0.15) is 11.5 Å². The van der Waals surface area contributed by atoms with E-state index in [1.807, 2.05) is 38.1 Å². The first-order valence-corrected chi connectivity index (χ1v) is 8.54. The van der Waals surface area contributed by atoms with Gasteiger partial charge in [-0.3, -0.25) is 9.59 Å². The molecular weight excluding hydrogens is 316 g/mol. The summed E-state index contributed by atoms with van der Waals surface area (Å²) in [5.74, 6) is 0.617. The Labute approximate surface area is 145 Å². The van der Waals surface area contributed by atoms with Crippen molar-refractivity contribution in [2.45, 2.75) is 39.2 Å². The largest absolute Gasteiger partial charge is 0.354 e. The molecular formula is C19H20N4O2. The van der Waals surface area contributed by atoms with Crippen molar-refractivity contribution in [3.63, 3.8) is 0 Å². The lowest BCUT2D eigenvalue weighted by atomic mass is 9.94. The van der Waals surface area contributed by atoms with E-state index in [0.717, 1.165) is 35.1 Å². The summed E-state index contributed by atoms with van der Waals surface area (Å²) in [5.41, 5.74) is 4.62. The quantitative estimate of drug-likeness (QED) is 0.686. The molecule has 0 spiro atoms. The summed E-state index contributed by atoms with van der Waals surface area (Å²) < 4.78 is 0. The first kappa shape index (κ1) is 15.6. The number of carbonyl (C=O) groups is 2. The lowest BCUT2D eigenvalue weighted by Crippen LogP contribution is -2.28. The number of para-hydroxylation sites is 2. The number of hydrogen-bond donors (Lipinski definition) is 3. The van der Waals surface area contributed by atoms with E-state index in [2.05, 4.69) is 20.3 Å². The van der Waals surface area contributed by atoms with Crippen LogP contribution < -0.4 is 5.32 Å². The van der Waals surface area contributed by atoms with Crippen LogP contribution in [-0.2, 0) is 6.42 Å². The lowest BCUT2D eigenvalue weighted by molar-refractivity contribution is 0.0932. The van der Waals surface area contributed by atoms with Crippen LogP contribution in [0.25, 0.3) is 11.0 Å². The van der Waals surface area contributed by atoms with Gasteiger partial charge in [0.15, 0.2) is 5.78 Å². The van der Waals surface area contributed by atoms with Gasteiger partial charge in [-0.15, -0.1) is 0 Å². The molecule has 1 atom stereocenters. The predicted molar refractivity (Wildman–Crippen MR) is 94.8 cm³/mol. The third-order valence-electron chi connectivity index (χ3n) is 4.83. The van der Waals surface area contributed by atoms with Crippen molar-refractivity contribution in [2.75, 3.05) is 0 Å². The van der Waals surface area contributed by atoms with Crippen molar-refractivity contribution < 1.29 is 9.59 Å². The molecule has 3 N–H and O–H groups in total. The molecule has 1 unspecified atom stereocenters. The molecule has 128 valence electrons. The summed E-state index contributed by atoms with van der Waals surface area (Å²) in [6, 6.07) is 7.49. The second-order valence-corrected chi connectivity index (χ2v) is 6.59. The second kappa shape index (κ2) is 5.88. The van der Waals surface area contributed by atoms with Gasteiger partial charge in [0, 0.05) is 17.7 Å². The van der Waals surface area contributed by atoms with Crippen molar-refractivity contribution in [3.05, 3.63) is 52.6 Å². The van der Waals surface area contributed by atoms with E-state index >= 15 is 0 Å². The van der Waals surface area contributed by atoms with Gasteiger partial charge in [0.2, 0.25) is 0 Å². The predicted octanol–water partition coefficient (Wildman–Crippen LogP) is 3.21. The van der Waals surface area contributed by atoms with Crippen LogP contribution >= 0.6 is 0 Å². The zero-order valence-corrected chi connectivity index (χ0v) is 14.3. The Morgan fingerprint density at radius 1 is 1.24 bits per heavy atom. The Balaban J connectivity index is 1.58. The highest BCUT2D eigenvalue weighted by Gasteiger charge is 2.27. The molecule has 6 heteroatoms. The van der Waals surface area contributed by atoms with Crippen LogP contribution in [0.2, 0.25) is 0 Å². The zero-order chi connectivity index (χ0) is 17.6. The molecule has 3 aromatic rings. The number of hydrogen-bond acceptors (Lipinski definition) is 3. The monoisotopic (exact) mass is 336 g/mol. The molecule has 0 aliphatic heterocycles. The summed E-state index contributed by atoms with van der Waals surface area (Å²) in [6.45, 7) is 3.72. The van der Waals surface area contributed by atoms with Gasteiger partial charge in [-0.1, -0.05) is 12.1 Å². The number of aryl methyl sites for hydroxylation is 1. The zero-order valence-electron chi connectivity index (χ0n) is 14.3. The first-order chi connectivity index (χ1) is 12.0. The number of amides is 1. The van der Waals surface area contributed by atoms with E-state index in [-0.39, 0.29) is 17.7 Å². The Bertz CT molecular complexity index is 950. The Hall–Kier alpha value is -2.89. The van der Waals surface area contributed by atoms with E-state index in [1.54, 1.807) is 0 Å². The molecule has 2 heterocycles. The van der Waals surface area contributed by atoms with E-state index < -0.39 is 0 Å². The van der Waals surface area contributed by atoms with Crippen LogP contribution in [0.3, 0.4) is 0 Å². The summed E-state index contributed by atoms with van der Waals surface area (Å²) in [5, 5.41) is 2.96. The van der Waals surface area contributed by atoms with Crippen molar-refractivity contribution in [1.29, 1.82) is 0 Å². The number of fused-ring (bicyclic) bond motifs is 2. The van der Waals surface area contributed by atoms with Gasteiger partial charge in [-0.25, -0.2) is 4.98 Å². The standard InChI is InChI=1S/C19H20N4O2/c1-10-16-14(8-5-9-15(16)24)21-17(10)19(25)20-11(2)18-22-12-6-3-4-7-13(12)23-18/h3-4,6-7,11,21H,5,8-9H2,1-2H3,(H,20,25)(H,22,23). The Kier molecular flexibility index (Phi) is 3.67. The van der Waals surface area contributed by atoms with Gasteiger partial charge in [-0.2, -0.15) is 0 Å². The molecule has 1 aromatic carbocycles. The average Bonchev–Trinajstić information content (AvgIpc) is 3.17. The van der Waals surface area contributed by atoms with Crippen molar-refractivity contribution in [2.24, 2.45) is 0 Å². The average molecular weight is 336 g/mol. The normalized spacial score (nSPS) is 15.2. The molecule has 0 fully saturated rings. The molecule has 0 saturated heterocycles. The van der Waals surface area contributed by atoms with Gasteiger partial charge in [-0.05, 0) is 44.4 Å². The minimum Gasteiger partial charge on any atom is -0.354 e. The van der Waals surface area contributed by atoms with Crippen molar-refractivity contribution >= 4 is 22.7 Å².